The Morgan fingerprint density at radius 2 is 2.11 bits per heavy atom. The van der Waals surface area contributed by atoms with E-state index in [2.05, 4.69) is 4.98 Å². The Kier molecular flexibility index (Phi) is 3.90. The van der Waals surface area contributed by atoms with Gasteiger partial charge in [0.25, 0.3) is 0 Å². The summed E-state index contributed by atoms with van der Waals surface area (Å²) < 4.78 is 6.88. The number of hydrogen-bond acceptors (Lipinski definition) is 3. The molecule has 2 rings (SSSR count). The minimum absolute atomic E-state index is 0.301. The van der Waals surface area contributed by atoms with Crippen LogP contribution >= 0.6 is 11.6 Å². The number of imidazole rings is 1. The first kappa shape index (κ1) is 13.6. The predicted molar refractivity (Wildman–Crippen MR) is 74.3 cm³/mol. The molecule has 0 amide bonds. The highest BCUT2D eigenvalue weighted by Crippen LogP contribution is 2.30. The molecule has 5 heteroatoms. The van der Waals surface area contributed by atoms with Gasteiger partial charge < -0.3 is 9.30 Å². The average molecular weight is 279 g/mol. The summed E-state index contributed by atoms with van der Waals surface area (Å²) >= 11 is 6.20. The van der Waals surface area contributed by atoms with Crippen molar-refractivity contribution < 1.29 is 9.53 Å². The maximum absolute atomic E-state index is 12.0. The van der Waals surface area contributed by atoms with Crippen molar-refractivity contribution in [3.63, 3.8) is 0 Å². The molecule has 0 N–H and O–H groups in total. The second-order valence-corrected chi connectivity index (χ2v) is 4.52. The molecule has 0 bridgehead atoms. The van der Waals surface area contributed by atoms with Gasteiger partial charge in [0.15, 0.2) is 5.69 Å². The molecule has 2 aromatic rings. The van der Waals surface area contributed by atoms with Gasteiger partial charge in [-0.25, -0.2) is 9.78 Å². The van der Waals surface area contributed by atoms with Gasteiger partial charge in [-0.1, -0.05) is 29.8 Å². The van der Waals surface area contributed by atoms with Crippen molar-refractivity contribution in [3.05, 3.63) is 40.8 Å². The Morgan fingerprint density at radius 1 is 1.42 bits per heavy atom. The third-order valence-electron chi connectivity index (χ3n) is 2.92. The molecule has 0 saturated carbocycles. The van der Waals surface area contributed by atoms with Crippen LogP contribution in [0.1, 0.15) is 23.2 Å². The summed E-state index contributed by atoms with van der Waals surface area (Å²) in [5, 5.41) is 0.580. The van der Waals surface area contributed by atoms with E-state index in [1.807, 2.05) is 36.7 Å². The normalized spacial score (nSPS) is 10.5. The maximum atomic E-state index is 12.0. The van der Waals surface area contributed by atoms with Crippen LogP contribution in [0.3, 0.4) is 0 Å². The first-order valence-electron chi connectivity index (χ1n) is 6.01. The van der Waals surface area contributed by atoms with Crippen molar-refractivity contribution in [3.8, 4) is 11.3 Å². The lowest BCUT2D eigenvalue weighted by atomic mass is 10.1. The largest absolute Gasteiger partial charge is 0.461 e. The van der Waals surface area contributed by atoms with E-state index >= 15 is 0 Å². The van der Waals surface area contributed by atoms with Crippen molar-refractivity contribution in [2.75, 3.05) is 6.61 Å². The van der Waals surface area contributed by atoms with Gasteiger partial charge in [-0.2, -0.15) is 0 Å². The quantitative estimate of drug-likeness (QED) is 0.810. The van der Waals surface area contributed by atoms with Crippen LogP contribution in [0.5, 0.6) is 0 Å². The molecule has 0 spiro atoms. The summed E-state index contributed by atoms with van der Waals surface area (Å²) in [5.41, 5.74) is 1.76. The van der Waals surface area contributed by atoms with Crippen molar-refractivity contribution in [2.24, 2.45) is 7.05 Å². The van der Waals surface area contributed by atoms with E-state index in [0.29, 0.717) is 23.0 Å². The average Bonchev–Trinajstić information content (AvgIpc) is 2.67. The minimum Gasteiger partial charge on any atom is -0.461 e. The van der Waals surface area contributed by atoms with Gasteiger partial charge >= 0.3 is 5.97 Å². The fraction of sp³-hybridized carbons (Fsp3) is 0.286. The Balaban J connectivity index is 2.62. The van der Waals surface area contributed by atoms with E-state index in [0.717, 1.165) is 11.4 Å². The van der Waals surface area contributed by atoms with Crippen LogP contribution in [0.4, 0.5) is 0 Å². The predicted octanol–water partition coefficient (Wildman–Crippen LogP) is 3.23. The highest BCUT2D eigenvalue weighted by molar-refractivity contribution is 6.33. The lowest BCUT2D eigenvalue weighted by Gasteiger charge is -2.08. The Morgan fingerprint density at radius 3 is 2.74 bits per heavy atom. The summed E-state index contributed by atoms with van der Waals surface area (Å²) in [6.45, 7) is 3.92. The number of hydrogen-bond donors (Lipinski definition) is 0. The van der Waals surface area contributed by atoms with Gasteiger partial charge in [-0.3, -0.25) is 0 Å². The second kappa shape index (κ2) is 5.45. The summed E-state index contributed by atoms with van der Waals surface area (Å²) in [6.07, 6.45) is 0. The molecule has 0 atom stereocenters. The first-order chi connectivity index (χ1) is 9.06. The zero-order chi connectivity index (χ0) is 14.0. The van der Waals surface area contributed by atoms with Gasteiger partial charge in [0.1, 0.15) is 5.82 Å². The minimum atomic E-state index is -0.430. The third-order valence-corrected chi connectivity index (χ3v) is 3.25. The zero-order valence-corrected chi connectivity index (χ0v) is 11.9. The number of aryl methyl sites for hydroxylation is 1. The molecule has 0 saturated heterocycles. The number of nitrogens with zero attached hydrogens (tertiary/aromatic N) is 2. The number of halogens is 1. The highest BCUT2D eigenvalue weighted by atomic mass is 35.5. The van der Waals surface area contributed by atoms with Crippen molar-refractivity contribution in [2.45, 2.75) is 13.8 Å². The van der Waals surface area contributed by atoms with Crippen LogP contribution < -0.4 is 0 Å². The molecule has 0 aliphatic carbocycles. The van der Waals surface area contributed by atoms with Crippen molar-refractivity contribution in [1.29, 1.82) is 0 Å². The van der Waals surface area contributed by atoms with Crippen LogP contribution in [0.2, 0.25) is 5.02 Å². The molecule has 0 radical (unpaired) electrons. The molecular weight excluding hydrogens is 264 g/mol. The van der Waals surface area contributed by atoms with Crippen LogP contribution in [0.15, 0.2) is 24.3 Å². The smallest absolute Gasteiger partial charge is 0.359 e. The van der Waals surface area contributed by atoms with E-state index in [1.54, 1.807) is 13.0 Å². The summed E-state index contributed by atoms with van der Waals surface area (Å²) in [4.78, 5) is 16.3. The lowest BCUT2D eigenvalue weighted by Crippen LogP contribution is -2.07. The Labute approximate surface area is 117 Å². The van der Waals surface area contributed by atoms with E-state index < -0.39 is 5.97 Å². The third kappa shape index (κ3) is 2.49. The number of rotatable bonds is 3. The van der Waals surface area contributed by atoms with Crippen LogP contribution in [0, 0.1) is 6.92 Å². The summed E-state index contributed by atoms with van der Waals surface area (Å²) in [5.74, 6) is 0.305. The maximum Gasteiger partial charge on any atom is 0.359 e. The molecule has 19 heavy (non-hydrogen) atoms. The number of benzene rings is 1. The molecule has 1 aromatic carbocycles. The fourth-order valence-corrected chi connectivity index (χ4v) is 2.14. The number of carbonyl (C=O) groups excluding carboxylic acids is 1. The van der Waals surface area contributed by atoms with Crippen molar-refractivity contribution in [1.82, 2.24) is 9.55 Å². The van der Waals surface area contributed by atoms with Crippen LogP contribution in [0.25, 0.3) is 11.3 Å². The summed E-state index contributed by atoms with van der Waals surface area (Å²) in [6, 6.07) is 7.37. The topological polar surface area (TPSA) is 44.1 Å². The molecule has 0 unspecified atom stereocenters. The monoisotopic (exact) mass is 278 g/mol. The number of ether oxygens (including phenoxy) is 1. The summed E-state index contributed by atoms with van der Waals surface area (Å²) in [7, 11) is 1.85. The van der Waals surface area contributed by atoms with Gasteiger partial charge in [0, 0.05) is 17.6 Å². The molecule has 1 heterocycles. The standard InChI is InChI=1S/C14H15ClN2O2/c1-4-19-14(18)12-13(17(3)9(2)16-12)10-7-5-6-8-11(10)15/h5-8H,4H2,1-3H3. The molecular formula is C14H15ClN2O2. The van der Waals surface area contributed by atoms with Gasteiger partial charge in [-0.05, 0) is 19.9 Å². The molecule has 0 fully saturated rings. The number of esters is 1. The van der Waals surface area contributed by atoms with Crippen LogP contribution in [-0.4, -0.2) is 22.1 Å². The molecule has 4 nitrogen and oxygen atoms in total. The number of carbonyl (C=O) groups is 1. The van der Waals surface area contributed by atoms with Gasteiger partial charge in [0.2, 0.25) is 0 Å². The van der Waals surface area contributed by atoms with Gasteiger partial charge in [0.05, 0.1) is 12.3 Å². The SMILES string of the molecule is CCOC(=O)c1nc(C)n(C)c1-c1ccccc1Cl. The van der Waals surface area contributed by atoms with Gasteiger partial charge in [-0.15, -0.1) is 0 Å². The van der Waals surface area contributed by atoms with E-state index in [9.17, 15) is 4.79 Å². The Hall–Kier alpha value is -1.81. The fourth-order valence-electron chi connectivity index (χ4n) is 1.91. The van der Waals surface area contributed by atoms with E-state index in [4.69, 9.17) is 16.3 Å². The highest BCUT2D eigenvalue weighted by Gasteiger charge is 2.22. The molecule has 100 valence electrons. The second-order valence-electron chi connectivity index (χ2n) is 4.12. The lowest BCUT2D eigenvalue weighted by molar-refractivity contribution is 0.0521. The van der Waals surface area contributed by atoms with Crippen LogP contribution in [-0.2, 0) is 11.8 Å². The zero-order valence-electron chi connectivity index (χ0n) is 11.1. The van der Waals surface area contributed by atoms with E-state index in [-0.39, 0.29) is 0 Å². The number of aromatic nitrogens is 2. The molecule has 0 aliphatic heterocycles. The Bertz CT molecular complexity index is 620. The molecule has 0 aliphatic rings. The first-order valence-corrected chi connectivity index (χ1v) is 6.39. The van der Waals surface area contributed by atoms with E-state index in [1.165, 1.54) is 0 Å². The van der Waals surface area contributed by atoms with Crippen molar-refractivity contribution >= 4 is 17.6 Å². The molecule has 1 aromatic heterocycles.